The van der Waals surface area contributed by atoms with Gasteiger partial charge in [0.15, 0.2) is 0 Å². The highest BCUT2D eigenvalue weighted by atomic mass is 19.1. The Morgan fingerprint density at radius 1 is 1.11 bits per heavy atom. The summed E-state index contributed by atoms with van der Waals surface area (Å²) in [4.78, 5) is 4.01. The summed E-state index contributed by atoms with van der Waals surface area (Å²) in [6.45, 7) is 3.75. The van der Waals surface area contributed by atoms with E-state index in [1.165, 1.54) is 24.4 Å². The Morgan fingerprint density at radius 3 is 2.44 bits per heavy atom. The van der Waals surface area contributed by atoms with Gasteiger partial charge in [0.05, 0.1) is 17.9 Å². The second kappa shape index (κ2) is 5.12. The SMILES string of the molecule is Cc1cc(F)ccc1NC(C)c1ccc(F)cn1. The predicted molar refractivity (Wildman–Crippen MR) is 67.4 cm³/mol. The van der Waals surface area contributed by atoms with Gasteiger partial charge >= 0.3 is 0 Å². The number of nitrogens with zero attached hydrogens (tertiary/aromatic N) is 1. The van der Waals surface area contributed by atoms with Crippen molar-refractivity contribution in [1.29, 1.82) is 0 Å². The molecule has 1 atom stereocenters. The second-order valence-electron chi connectivity index (χ2n) is 4.23. The van der Waals surface area contributed by atoms with Gasteiger partial charge in [0.1, 0.15) is 11.6 Å². The van der Waals surface area contributed by atoms with Crippen molar-refractivity contribution >= 4 is 5.69 Å². The van der Waals surface area contributed by atoms with Gasteiger partial charge < -0.3 is 5.32 Å². The van der Waals surface area contributed by atoms with Crippen LogP contribution in [0.4, 0.5) is 14.5 Å². The number of benzene rings is 1. The maximum atomic E-state index is 13.0. The first kappa shape index (κ1) is 12.5. The molecule has 2 rings (SSSR count). The Bertz CT molecular complexity index is 538. The third-order valence-electron chi connectivity index (χ3n) is 2.75. The zero-order valence-corrected chi connectivity index (χ0v) is 10.2. The van der Waals surface area contributed by atoms with Crippen molar-refractivity contribution in [3.05, 3.63) is 59.4 Å². The van der Waals surface area contributed by atoms with Crippen molar-refractivity contribution < 1.29 is 8.78 Å². The molecule has 4 heteroatoms. The Kier molecular flexibility index (Phi) is 3.55. The molecule has 0 spiro atoms. The summed E-state index contributed by atoms with van der Waals surface area (Å²) in [5, 5.41) is 3.22. The van der Waals surface area contributed by atoms with Gasteiger partial charge in [-0.2, -0.15) is 0 Å². The number of anilines is 1. The third kappa shape index (κ3) is 2.83. The number of aromatic nitrogens is 1. The molecule has 0 aliphatic carbocycles. The molecule has 0 aliphatic heterocycles. The van der Waals surface area contributed by atoms with Crippen LogP contribution in [0.25, 0.3) is 0 Å². The van der Waals surface area contributed by atoms with Gasteiger partial charge in [-0.1, -0.05) is 0 Å². The van der Waals surface area contributed by atoms with Crippen LogP contribution in [-0.4, -0.2) is 4.98 Å². The van der Waals surface area contributed by atoms with Crippen molar-refractivity contribution in [1.82, 2.24) is 4.98 Å². The molecule has 0 bridgehead atoms. The molecule has 1 N–H and O–H groups in total. The predicted octanol–water partition coefficient (Wildman–Crippen LogP) is 3.84. The van der Waals surface area contributed by atoms with E-state index in [1.807, 2.05) is 13.8 Å². The molecule has 18 heavy (non-hydrogen) atoms. The van der Waals surface area contributed by atoms with E-state index in [4.69, 9.17) is 0 Å². The number of nitrogens with one attached hydrogen (secondary N) is 1. The Balaban J connectivity index is 2.15. The van der Waals surface area contributed by atoms with Crippen LogP contribution in [0.1, 0.15) is 24.2 Å². The zero-order valence-electron chi connectivity index (χ0n) is 10.2. The van der Waals surface area contributed by atoms with E-state index < -0.39 is 0 Å². The van der Waals surface area contributed by atoms with Crippen LogP contribution in [0.2, 0.25) is 0 Å². The molecule has 2 aromatic rings. The molecule has 1 unspecified atom stereocenters. The minimum absolute atomic E-state index is 0.0743. The van der Waals surface area contributed by atoms with Gasteiger partial charge in [-0.05, 0) is 49.7 Å². The molecule has 0 fully saturated rings. The van der Waals surface area contributed by atoms with Crippen LogP contribution in [0, 0.1) is 18.6 Å². The Labute approximate surface area is 105 Å². The molecule has 0 saturated carbocycles. The van der Waals surface area contributed by atoms with E-state index in [2.05, 4.69) is 10.3 Å². The van der Waals surface area contributed by atoms with Crippen LogP contribution >= 0.6 is 0 Å². The van der Waals surface area contributed by atoms with Crippen LogP contribution in [0.5, 0.6) is 0 Å². The number of rotatable bonds is 3. The first-order valence-electron chi connectivity index (χ1n) is 5.70. The number of hydrogen-bond donors (Lipinski definition) is 1. The maximum absolute atomic E-state index is 13.0. The number of aryl methyl sites for hydroxylation is 1. The van der Waals surface area contributed by atoms with Crippen molar-refractivity contribution in [2.24, 2.45) is 0 Å². The molecule has 0 saturated heterocycles. The average molecular weight is 248 g/mol. The van der Waals surface area contributed by atoms with Gasteiger partial charge in [0.2, 0.25) is 0 Å². The van der Waals surface area contributed by atoms with Crippen LogP contribution in [0.15, 0.2) is 36.5 Å². The fraction of sp³-hybridized carbons (Fsp3) is 0.214. The summed E-state index contributed by atoms with van der Waals surface area (Å²) in [5.74, 6) is -0.616. The van der Waals surface area contributed by atoms with Crippen molar-refractivity contribution in [2.75, 3.05) is 5.32 Å². The molecule has 94 valence electrons. The lowest BCUT2D eigenvalue weighted by molar-refractivity contribution is 0.617. The Morgan fingerprint density at radius 2 is 1.83 bits per heavy atom. The first-order valence-corrected chi connectivity index (χ1v) is 5.70. The summed E-state index contributed by atoms with van der Waals surface area (Å²) >= 11 is 0. The number of hydrogen-bond acceptors (Lipinski definition) is 2. The summed E-state index contributed by atoms with van der Waals surface area (Å²) in [6.07, 6.45) is 1.19. The minimum atomic E-state index is -0.357. The van der Waals surface area contributed by atoms with Gasteiger partial charge in [-0.3, -0.25) is 4.98 Å². The summed E-state index contributed by atoms with van der Waals surface area (Å²) < 4.78 is 25.7. The smallest absolute Gasteiger partial charge is 0.141 e. The molecule has 0 radical (unpaired) electrons. The van der Waals surface area contributed by atoms with Crippen LogP contribution < -0.4 is 5.32 Å². The van der Waals surface area contributed by atoms with Crippen LogP contribution in [0.3, 0.4) is 0 Å². The molecule has 0 amide bonds. The minimum Gasteiger partial charge on any atom is -0.377 e. The standard InChI is InChI=1S/C14H14F2N2/c1-9-7-11(15)3-5-13(9)18-10(2)14-6-4-12(16)8-17-14/h3-8,10,18H,1-2H3. The molecule has 1 aromatic carbocycles. The summed E-state index contributed by atoms with van der Waals surface area (Å²) in [6, 6.07) is 7.48. The van der Waals surface area contributed by atoms with Gasteiger partial charge in [-0.25, -0.2) is 8.78 Å². The summed E-state index contributed by atoms with van der Waals surface area (Å²) in [5.41, 5.74) is 2.40. The van der Waals surface area contributed by atoms with Crippen LogP contribution in [-0.2, 0) is 0 Å². The molecule has 1 aromatic heterocycles. The third-order valence-corrected chi connectivity index (χ3v) is 2.75. The first-order chi connectivity index (χ1) is 8.56. The quantitative estimate of drug-likeness (QED) is 0.892. The lowest BCUT2D eigenvalue weighted by atomic mass is 10.1. The van der Waals surface area contributed by atoms with E-state index in [-0.39, 0.29) is 17.7 Å². The van der Waals surface area contributed by atoms with E-state index in [0.717, 1.165) is 16.9 Å². The highest BCUT2D eigenvalue weighted by Gasteiger charge is 2.08. The summed E-state index contributed by atoms with van der Waals surface area (Å²) in [7, 11) is 0. The van der Waals surface area contributed by atoms with Gasteiger partial charge in [0, 0.05) is 5.69 Å². The monoisotopic (exact) mass is 248 g/mol. The van der Waals surface area contributed by atoms with E-state index in [0.29, 0.717) is 0 Å². The number of halogens is 2. The second-order valence-corrected chi connectivity index (χ2v) is 4.23. The van der Waals surface area contributed by atoms with Crippen molar-refractivity contribution in [2.45, 2.75) is 19.9 Å². The average Bonchev–Trinajstić information content (AvgIpc) is 2.33. The lowest BCUT2D eigenvalue weighted by Gasteiger charge is -2.16. The topological polar surface area (TPSA) is 24.9 Å². The highest BCUT2D eigenvalue weighted by Crippen LogP contribution is 2.21. The fourth-order valence-corrected chi connectivity index (χ4v) is 1.74. The molecule has 2 nitrogen and oxygen atoms in total. The zero-order chi connectivity index (χ0) is 13.1. The molecule has 1 heterocycles. The molecule has 0 aliphatic rings. The van der Waals surface area contributed by atoms with E-state index in [9.17, 15) is 8.78 Å². The van der Waals surface area contributed by atoms with Gasteiger partial charge in [-0.15, -0.1) is 0 Å². The number of pyridine rings is 1. The largest absolute Gasteiger partial charge is 0.377 e. The highest BCUT2D eigenvalue weighted by molar-refractivity contribution is 5.51. The van der Waals surface area contributed by atoms with E-state index in [1.54, 1.807) is 12.1 Å². The van der Waals surface area contributed by atoms with Gasteiger partial charge in [0.25, 0.3) is 0 Å². The van der Waals surface area contributed by atoms with Crippen molar-refractivity contribution in [3.8, 4) is 0 Å². The normalized spacial score (nSPS) is 12.2. The molecular weight excluding hydrogens is 234 g/mol. The maximum Gasteiger partial charge on any atom is 0.141 e. The fourth-order valence-electron chi connectivity index (χ4n) is 1.74. The Hall–Kier alpha value is -1.97. The van der Waals surface area contributed by atoms with E-state index >= 15 is 0 Å². The molecular formula is C14H14F2N2. The van der Waals surface area contributed by atoms with Crippen molar-refractivity contribution in [3.63, 3.8) is 0 Å². The lowest BCUT2D eigenvalue weighted by Crippen LogP contribution is -2.09.